The summed E-state index contributed by atoms with van der Waals surface area (Å²) in [5.74, 6) is 1.06. The van der Waals surface area contributed by atoms with Gasteiger partial charge >= 0.3 is 0 Å². The van der Waals surface area contributed by atoms with Crippen molar-refractivity contribution >= 4 is 17.4 Å². The first-order valence-electron chi connectivity index (χ1n) is 6.34. The van der Waals surface area contributed by atoms with E-state index in [9.17, 15) is 4.79 Å². The number of rotatable bonds is 4. The van der Waals surface area contributed by atoms with Crippen LogP contribution in [0.4, 0.5) is 0 Å². The molecule has 1 heterocycles. The number of methoxy groups -OCH3 is 2. The number of hydrogen-bond donors (Lipinski definition) is 1. The lowest BCUT2D eigenvalue weighted by atomic mass is 9.89. The van der Waals surface area contributed by atoms with E-state index in [1.54, 1.807) is 12.1 Å². The highest BCUT2D eigenvalue weighted by atomic mass is 35.5. The molecule has 2 rings (SSSR count). The molecule has 0 bridgehead atoms. The molecule has 5 heteroatoms. The molecule has 0 spiro atoms. The summed E-state index contributed by atoms with van der Waals surface area (Å²) in [5.41, 5.74) is 0.542. The molecule has 0 aliphatic carbocycles. The average molecular weight is 284 g/mol. The van der Waals surface area contributed by atoms with Gasteiger partial charge in [-0.2, -0.15) is 0 Å². The molecule has 1 aromatic rings. The number of piperidine rings is 1. The zero-order chi connectivity index (χ0) is 13.8. The smallest absolute Gasteiger partial charge is 0.169 e. The average Bonchev–Trinajstić information content (AvgIpc) is 2.47. The minimum Gasteiger partial charge on any atom is -0.495 e. The second kappa shape index (κ2) is 6.26. The molecule has 19 heavy (non-hydrogen) atoms. The van der Waals surface area contributed by atoms with Gasteiger partial charge in [-0.15, -0.1) is 0 Å². The third-order valence-corrected chi connectivity index (χ3v) is 3.82. The Morgan fingerprint density at radius 2 is 1.95 bits per heavy atom. The van der Waals surface area contributed by atoms with Crippen molar-refractivity contribution in [3.05, 3.63) is 22.7 Å². The van der Waals surface area contributed by atoms with Gasteiger partial charge in [-0.1, -0.05) is 11.6 Å². The monoisotopic (exact) mass is 283 g/mol. The largest absolute Gasteiger partial charge is 0.495 e. The maximum Gasteiger partial charge on any atom is 0.169 e. The molecule has 4 nitrogen and oxygen atoms in total. The fraction of sp³-hybridized carbons (Fsp3) is 0.500. The minimum atomic E-state index is 0.0413. The van der Waals surface area contributed by atoms with Gasteiger partial charge < -0.3 is 14.8 Å². The van der Waals surface area contributed by atoms with Crippen molar-refractivity contribution in [2.75, 3.05) is 27.3 Å². The number of nitrogens with one attached hydrogen (secondary N) is 1. The lowest BCUT2D eigenvalue weighted by Crippen LogP contribution is -2.32. The summed E-state index contributed by atoms with van der Waals surface area (Å²) in [4.78, 5) is 12.5. The number of halogens is 1. The Morgan fingerprint density at radius 3 is 2.53 bits per heavy atom. The van der Waals surface area contributed by atoms with Gasteiger partial charge in [-0.3, -0.25) is 4.79 Å². The summed E-state index contributed by atoms with van der Waals surface area (Å²) >= 11 is 6.18. The van der Waals surface area contributed by atoms with Crippen molar-refractivity contribution in [3.8, 4) is 11.5 Å². The Bertz CT molecular complexity index is 470. The number of Topliss-reactive ketones (excluding diaryl/α,β-unsaturated/α-hetero) is 1. The highest BCUT2D eigenvalue weighted by Gasteiger charge is 2.26. The van der Waals surface area contributed by atoms with E-state index in [2.05, 4.69) is 5.32 Å². The van der Waals surface area contributed by atoms with Crippen LogP contribution in [0.15, 0.2) is 12.1 Å². The van der Waals surface area contributed by atoms with E-state index in [0.29, 0.717) is 22.1 Å². The molecule has 0 radical (unpaired) electrons. The Morgan fingerprint density at radius 1 is 1.26 bits per heavy atom. The second-order valence-corrected chi connectivity index (χ2v) is 4.93. The summed E-state index contributed by atoms with van der Waals surface area (Å²) < 4.78 is 10.4. The summed E-state index contributed by atoms with van der Waals surface area (Å²) in [7, 11) is 3.05. The van der Waals surface area contributed by atoms with E-state index < -0.39 is 0 Å². The molecule has 1 fully saturated rings. The standard InChI is InChI=1S/C14H18ClNO3/c1-18-11-4-3-10(14(19-2)12(11)15)13(17)9-5-7-16-8-6-9/h3-4,9,16H,5-8H2,1-2H3. The molecule has 0 unspecified atom stereocenters. The molecule has 1 saturated heterocycles. The first-order valence-corrected chi connectivity index (χ1v) is 6.72. The fourth-order valence-corrected chi connectivity index (χ4v) is 2.71. The van der Waals surface area contributed by atoms with E-state index in [1.165, 1.54) is 14.2 Å². The van der Waals surface area contributed by atoms with Crippen LogP contribution in [-0.2, 0) is 0 Å². The van der Waals surface area contributed by atoms with Gasteiger partial charge in [0.1, 0.15) is 10.8 Å². The van der Waals surface area contributed by atoms with Crippen LogP contribution in [0.2, 0.25) is 5.02 Å². The van der Waals surface area contributed by atoms with Crippen molar-refractivity contribution in [1.29, 1.82) is 0 Å². The Balaban J connectivity index is 2.33. The molecule has 0 saturated carbocycles. The van der Waals surface area contributed by atoms with Crippen molar-refractivity contribution in [3.63, 3.8) is 0 Å². The summed E-state index contributed by atoms with van der Waals surface area (Å²) in [5, 5.41) is 3.60. The van der Waals surface area contributed by atoms with Gasteiger partial charge in [0.2, 0.25) is 0 Å². The summed E-state index contributed by atoms with van der Waals surface area (Å²) in [6, 6.07) is 3.44. The quantitative estimate of drug-likeness (QED) is 0.863. The first-order chi connectivity index (χ1) is 9.19. The molecule has 1 N–H and O–H groups in total. The van der Waals surface area contributed by atoms with Crippen LogP contribution < -0.4 is 14.8 Å². The van der Waals surface area contributed by atoms with Crippen LogP contribution in [0.25, 0.3) is 0 Å². The van der Waals surface area contributed by atoms with Crippen molar-refractivity contribution in [1.82, 2.24) is 5.32 Å². The van der Waals surface area contributed by atoms with Crippen LogP contribution in [0, 0.1) is 5.92 Å². The van der Waals surface area contributed by atoms with Crippen LogP contribution in [-0.4, -0.2) is 33.1 Å². The summed E-state index contributed by atoms with van der Waals surface area (Å²) in [6.07, 6.45) is 1.71. The Labute approximate surface area is 118 Å². The van der Waals surface area contributed by atoms with E-state index in [1.807, 2.05) is 0 Å². The highest BCUT2D eigenvalue weighted by Crippen LogP contribution is 2.38. The molecule has 1 aliphatic heterocycles. The van der Waals surface area contributed by atoms with E-state index in [-0.39, 0.29) is 11.7 Å². The lowest BCUT2D eigenvalue weighted by Gasteiger charge is -2.22. The van der Waals surface area contributed by atoms with Gasteiger partial charge in [-0.05, 0) is 38.1 Å². The van der Waals surface area contributed by atoms with Crippen LogP contribution in [0.3, 0.4) is 0 Å². The zero-order valence-electron chi connectivity index (χ0n) is 11.2. The van der Waals surface area contributed by atoms with E-state index in [4.69, 9.17) is 21.1 Å². The third kappa shape index (κ3) is 2.85. The molecule has 1 aliphatic rings. The van der Waals surface area contributed by atoms with Crippen LogP contribution in [0.1, 0.15) is 23.2 Å². The molecule has 1 aromatic carbocycles. The van der Waals surface area contributed by atoms with E-state index >= 15 is 0 Å². The predicted molar refractivity (Wildman–Crippen MR) is 74.5 cm³/mol. The number of carbonyl (C=O) groups excluding carboxylic acids is 1. The Kier molecular flexibility index (Phi) is 4.66. The van der Waals surface area contributed by atoms with Crippen molar-refractivity contribution in [2.24, 2.45) is 5.92 Å². The number of ketones is 1. The molecule has 0 amide bonds. The van der Waals surface area contributed by atoms with Gasteiger partial charge in [0.15, 0.2) is 11.5 Å². The highest BCUT2D eigenvalue weighted by molar-refractivity contribution is 6.34. The molecule has 104 valence electrons. The molecular formula is C14H18ClNO3. The fourth-order valence-electron chi connectivity index (χ4n) is 2.39. The van der Waals surface area contributed by atoms with E-state index in [0.717, 1.165) is 25.9 Å². The zero-order valence-corrected chi connectivity index (χ0v) is 11.9. The lowest BCUT2D eigenvalue weighted by molar-refractivity contribution is 0.0892. The van der Waals surface area contributed by atoms with Crippen molar-refractivity contribution in [2.45, 2.75) is 12.8 Å². The van der Waals surface area contributed by atoms with Crippen LogP contribution >= 0.6 is 11.6 Å². The van der Waals surface area contributed by atoms with Gasteiger partial charge in [-0.25, -0.2) is 0 Å². The second-order valence-electron chi connectivity index (χ2n) is 4.55. The normalized spacial score (nSPS) is 16.2. The number of carbonyl (C=O) groups is 1. The maximum absolute atomic E-state index is 12.5. The SMILES string of the molecule is COc1ccc(C(=O)C2CCNCC2)c(OC)c1Cl. The predicted octanol–water partition coefficient (Wildman–Crippen LogP) is 2.54. The Hall–Kier alpha value is -1.26. The number of ether oxygens (including phenoxy) is 2. The van der Waals surface area contributed by atoms with Crippen molar-refractivity contribution < 1.29 is 14.3 Å². The first kappa shape index (κ1) is 14.2. The number of hydrogen-bond acceptors (Lipinski definition) is 4. The number of benzene rings is 1. The van der Waals surface area contributed by atoms with Gasteiger partial charge in [0.05, 0.1) is 19.8 Å². The topological polar surface area (TPSA) is 47.6 Å². The minimum absolute atomic E-state index is 0.0413. The maximum atomic E-state index is 12.5. The molecular weight excluding hydrogens is 266 g/mol. The molecule has 0 atom stereocenters. The van der Waals surface area contributed by atoms with Gasteiger partial charge in [0, 0.05) is 5.92 Å². The molecule has 0 aromatic heterocycles. The summed E-state index contributed by atoms with van der Waals surface area (Å²) in [6.45, 7) is 1.76. The van der Waals surface area contributed by atoms with Gasteiger partial charge in [0.25, 0.3) is 0 Å². The third-order valence-electron chi connectivity index (χ3n) is 3.46. The van der Waals surface area contributed by atoms with Crippen LogP contribution in [0.5, 0.6) is 11.5 Å².